The van der Waals surface area contributed by atoms with E-state index >= 15 is 0 Å². The predicted octanol–water partition coefficient (Wildman–Crippen LogP) is 1.41. The van der Waals surface area contributed by atoms with Crippen molar-refractivity contribution in [3.05, 3.63) is 23.8 Å². The van der Waals surface area contributed by atoms with E-state index in [1.807, 2.05) is 23.1 Å². The Kier molecular flexibility index (Phi) is 5.44. The molecule has 116 valence electrons. The van der Waals surface area contributed by atoms with E-state index in [1.165, 1.54) is 0 Å². The van der Waals surface area contributed by atoms with Gasteiger partial charge in [-0.15, -0.1) is 0 Å². The highest BCUT2D eigenvalue weighted by Gasteiger charge is 2.18. The minimum absolute atomic E-state index is 0.178. The SMILES string of the molecule is COc1ccc(CC(=O)N2CCCN(C)CC2)cc1OC. The topological polar surface area (TPSA) is 42.0 Å². The van der Waals surface area contributed by atoms with Gasteiger partial charge in [-0.25, -0.2) is 0 Å². The van der Waals surface area contributed by atoms with Crippen molar-refractivity contribution in [1.82, 2.24) is 9.80 Å². The molecule has 1 amide bonds. The fraction of sp³-hybridized carbons (Fsp3) is 0.562. The smallest absolute Gasteiger partial charge is 0.227 e. The molecule has 0 radical (unpaired) electrons. The molecule has 1 aromatic rings. The monoisotopic (exact) mass is 292 g/mol. The van der Waals surface area contributed by atoms with Crippen molar-refractivity contribution >= 4 is 5.91 Å². The van der Waals surface area contributed by atoms with Gasteiger partial charge in [0.25, 0.3) is 0 Å². The molecule has 2 rings (SSSR count). The van der Waals surface area contributed by atoms with Gasteiger partial charge in [0.05, 0.1) is 20.6 Å². The summed E-state index contributed by atoms with van der Waals surface area (Å²) in [5.74, 6) is 1.53. The van der Waals surface area contributed by atoms with Gasteiger partial charge in [0.15, 0.2) is 11.5 Å². The van der Waals surface area contributed by atoms with Crippen molar-refractivity contribution in [2.75, 3.05) is 47.4 Å². The van der Waals surface area contributed by atoms with E-state index in [4.69, 9.17) is 9.47 Å². The van der Waals surface area contributed by atoms with Crippen LogP contribution in [0.25, 0.3) is 0 Å². The van der Waals surface area contributed by atoms with Crippen LogP contribution < -0.4 is 9.47 Å². The molecule has 1 aliphatic heterocycles. The third-order valence-corrected chi connectivity index (χ3v) is 3.88. The number of carbonyl (C=O) groups is 1. The number of methoxy groups -OCH3 is 2. The molecule has 0 spiro atoms. The largest absolute Gasteiger partial charge is 0.493 e. The molecule has 5 heteroatoms. The molecular formula is C16H24N2O3. The maximum absolute atomic E-state index is 12.4. The zero-order valence-corrected chi connectivity index (χ0v) is 13.1. The summed E-state index contributed by atoms with van der Waals surface area (Å²) in [5, 5.41) is 0. The second-order valence-electron chi connectivity index (χ2n) is 5.40. The molecule has 0 bridgehead atoms. The second-order valence-corrected chi connectivity index (χ2v) is 5.40. The molecule has 0 aliphatic carbocycles. The molecule has 1 fully saturated rings. The van der Waals surface area contributed by atoms with Crippen LogP contribution in [-0.2, 0) is 11.2 Å². The Morgan fingerprint density at radius 3 is 2.57 bits per heavy atom. The van der Waals surface area contributed by atoms with Crippen LogP contribution in [0.2, 0.25) is 0 Å². The Morgan fingerprint density at radius 1 is 1.10 bits per heavy atom. The Bertz CT molecular complexity index is 490. The Morgan fingerprint density at radius 2 is 1.86 bits per heavy atom. The van der Waals surface area contributed by atoms with E-state index in [0.29, 0.717) is 17.9 Å². The lowest BCUT2D eigenvalue weighted by Crippen LogP contribution is -2.35. The molecule has 21 heavy (non-hydrogen) atoms. The molecule has 0 saturated carbocycles. The molecule has 0 unspecified atom stereocenters. The third-order valence-electron chi connectivity index (χ3n) is 3.88. The quantitative estimate of drug-likeness (QED) is 0.841. The predicted molar refractivity (Wildman–Crippen MR) is 81.9 cm³/mol. The number of hydrogen-bond donors (Lipinski definition) is 0. The van der Waals surface area contributed by atoms with Gasteiger partial charge in [0, 0.05) is 19.6 Å². The van der Waals surface area contributed by atoms with Crippen LogP contribution in [0.4, 0.5) is 0 Å². The molecule has 1 aliphatic rings. The van der Waals surface area contributed by atoms with Gasteiger partial charge in [0.2, 0.25) is 5.91 Å². The number of amides is 1. The Labute approximate surface area is 126 Å². The molecule has 0 atom stereocenters. The van der Waals surface area contributed by atoms with Gasteiger partial charge >= 0.3 is 0 Å². The number of ether oxygens (including phenoxy) is 2. The summed E-state index contributed by atoms with van der Waals surface area (Å²) in [4.78, 5) is 16.6. The van der Waals surface area contributed by atoms with Gasteiger partial charge in [-0.1, -0.05) is 6.07 Å². The third kappa shape index (κ3) is 4.11. The average Bonchev–Trinajstić information content (AvgIpc) is 2.71. The van der Waals surface area contributed by atoms with Gasteiger partial charge in [-0.3, -0.25) is 4.79 Å². The number of benzene rings is 1. The first-order chi connectivity index (χ1) is 10.1. The number of carbonyl (C=O) groups excluding carboxylic acids is 1. The number of rotatable bonds is 4. The summed E-state index contributed by atoms with van der Waals surface area (Å²) in [5.41, 5.74) is 0.954. The molecular weight excluding hydrogens is 268 g/mol. The lowest BCUT2D eigenvalue weighted by Gasteiger charge is -2.20. The number of hydrogen-bond acceptors (Lipinski definition) is 4. The first kappa shape index (κ1) is 15.6. The van der Waals surface area contributed by atoms with Crippen LogP contribution in [0.3, 0.4) is 0 Å². The molecule has 1 saturated heterocycles. The average molecular weight is 292 g/mol. The van der Waals surface area contributed by atoms with E-state index < -0.39 is 0 Å². The van der Waals surface area contributed by atoms with Crippen molar-refractivity contribution in [2.45, 2.75) is 12.8 Å². The van der Waals surface area contributed by atoms with Crippen LogP contribution in [0.1, 0.15) is 12.0 Å². The fourth-order valence-corrected chi connectivity index (χ4v) is 2.57. The van der Waals surface area contributed by atoms with Crippen molar-refractivity contribution in [2.24, 2.45) is 0 Å². The summed E-state index contributed by atoms with van der Waals surface area (Å²) in [7, 11) is 5.31. The lowest BCUT2D eigenvalue weighted by molar-refractivity contribution is -0.130. The Balaban J connectivity index is 2.02. The van der Waals surface area contributed by atoms with Crippen LogP contribution >= 0.6 is 0 Å². The van der Waals surface area contributed by atoms with Gasteiger partial charge < -0.3 is 19.3 Å². The summed E-state index contributed by atoms with van der Waals surface area (Å²) < 4.78 is 10.5. The zero-order valence-electron chi connectivity index (χ0n) is 13.1. The molecule has 1 aromatic carbocycles. The molecule has 0 aromatic heterocycles. The molecule has 5 nitrogen and oxygen atoms in total. The maximum atomic E-state index is 12.4. The van der Waals surface area contributed by atoms with Crippen molar-refractivity contribution in [3.63, 3.8) is 0 Å². The highest BCUT2D eigenvalue weighted by atomic mass is 16.5. The van der Waals surface area contributed by atoms with Gasteiger partial charge in [0.1, 0.15) is 0 Å². The van der Waals surface area contributed by atoms with E-state index in [-0.39, 0.29) is 5.91 Å². The second kappa shape index (κ2) is 7.31. The van der Waals surface area contributed by atoms with Gasteiger partial charge in [-0.2, -0.15) is 0 Å². The normalized spacial score (nSPS) is 16.4. The minimum Gasteiger partial charge on any atom is -0.493 e. The standard InChI is InChI=1S/C16H24N2O3/c1-17-7-4-8-18(10-9-17)16(19)12-13-5-6-14(20-2)15(11-13)21-3/h5-6,11H,4,7-10,12H2,1-3H3. The lowest BCUT2D eigenvalue weighted by atomic mass is 10.1. The maximum Gasteiger partial charge on any atom is 0.227 e. The van der Waals surface area contributed by atoms with E-state index in [2.05, 4.69) is 11.9 Å². The summed E-state index contributed by atoms with van der Waals surface area (Å²) in [6.45, 7) is 3.65. The van der Waals surface area contributed by atoms with Crippen LogP contribution in [0, 0.1) is 0 Å². The van der Waals surface area contributed by atoms with Gasteiger partial charge in [-0.05, 0) is 37.7 Å². The molecule has 0 N–H and O–H groups in total. The fourth-order valence-electron chi connectivity index (χ4n) is 2.57. The highest BCUT2D eigenvalue weighted by Crippen LogP contribution is 2.27. The molecule has 1 heterocycles. The summed E-state index contributed by atoms with van der Waals surface area (Å²) >= 11 is 0. The number of nitrogens with zero attached hydrogens (tertiary/aromatic N) is 2. The van der Waals surface area contributed by atoms with Crippen molar-refractivity contribution in [1.29, 1.82) is 0 Å². The first-order valence-corrected chi connectivity index (χ1v) is 7.31. The van der Waals surface area contributed by atoms with Crippen molar-refractivity contribution < 1.29 is 14.3 Å². The Hall–Kier alpha value is -1.75. The van der Waals surface area contributed by atoms with E-state index in [0.717, 1.165) is 38.2 Å². The van der Waals surface area contributed by atoms with Crippen LogP contribution in [0.5, 0.6) is 11.5 Å². The highest BCUT2D eigenvalue weighted by molar-refractivity contribution is 5.79. The first-order valence-electron chi connectivity index (χ1n) is 7.31. The van der Waals surface area contributed by atoms with E-state index in [1.54, 1.807) is 14.2 Å². The van der Waals surface area contributed by atoms with Crippen LogP contribution in [0.15, 0.2) is 18.2 Å². The van der Waals surface area contributed by atoms with Crippen molar-refractivity contribution in [3.8, 4) is 11.5 Å². The van der Waals surface area contributed by atoms with Crippen LogP contribution in [-0.4, -0.2) is 63.2 Å². The number of likely N-dealkylation sites (N-methyl/N-ethyl adjacent to an activating group) is 1. The summed E-state index contributed by atoms with van der Waals surface area (Å²) in [6.07, 6.45) is 1.44. The zero-order chi connectivity index (χ0) is 15.2. The summed E-state index contributed by atoms with van der Waals surface area (Å²) in [6, 6.07) is 5.64. The minimum atomic E-state index is 0.178. The van der Waals surface area contributed by atoms with E-state index in [9.17, 15) is 4.79 Å².